The van der Waals surface area contributed by atoms with Crippen molar-refractivity contribution in [1.29, 1.82) is 0 Å². The number of hydrogen-bond acceptors (Lipinski definition) is 1. The van der Waals surface area contributed by atoms with Crippen molar-refractivity contribution in [3.8, 4) is 0 Å². The third kappa shape index (κ3) is 1.71. The summed E-state index contributed by atoms with van der Waals surface area (Å²) in [7, 11) is 0. The van der Waals surface area contributed by atoms with E-state index in [1.807, 2.05) is 31.2 Å². The Bertz CT molecular complexity index is 569. The van der Waals surface area contributed by atoms with Gasteiger partial charge in [-0.3, -0.25) is 0 Å². The lowest BCUT2D eigenvalue weighted by Crippen LogP contribution is -2.07. The van der Waals surface area contributed by atoms with Gasteiger partial charge in [-0.25, -0.2) is 4.79 Å². The summed E-state index contributed by atoms with van der Waals surface area (Å²) in [6.45, 7) is 6.11. The second-order valence-corrected chi connectivity index (χ2v) is 4.41. The topological polar surface area (TPSA) is 42.2 Å². The standard InChI is InChI=1S/C14H17NO2/c1-4-9(2)15-10(3)13(14(16)17)11-7-5-6-8-12(11)15/h5-9H,4H2,1-3H3,(H,16,17). The third-order valence-electron chi connectivity index (χ3n) is 3.40. The molecule has 1 heterocycles. The van der Waals surface area contributed by atoms with E-state index in [0.717, 1.165) is 23.0 Å². The molecule has 1 aromatic carbocycles. The second kappa shape index (κ2) is 4.24. The fourth-order valence-electron chi connectivity index (χ4n) is 2.41. The summed E-state index contributed by atoms with van der Waals surface area (Å²) in [5.74, 6) is -0.847. The molecule has 0 aliphatic rings. The molecule has 0 bridgehead atoms. The second-order valence-electron chi connectivity index (χ2n) is 4.41. The van der Waals surface area contributed by atoms with E-state index in [0.29, 0.717) is 11.6 Å². The van der Waals surface area contributed by atoms with Crippen LogP contribution in [0, 0.1) is 6.92 Å². The molecule has 1 N–H and O–H groups in total. The molecule has 90 valence electrons. The summed E-state index contributed by atoms with van der Waals surface area (Å²) >= 11 is 0. The molecule has 3 heteroatoms. The SMILES string of the molecule is CCC(C)n1c(C)c(C(=O)O)c2ccccc21. The van der Waals surface area contributed by atoms with Gasteiger partial charge in [0.05, 0.1) is 5.56 Å². The van der Waals surface area contributed by atoms with E-state index in [2.05, 4.69) is 18.4 Å². The molecule has 0 fully saturated rings. The summed E-state index contributed by atoms with van der Waals surface area (Å²) < 4.78 is 2.12. The lowest BCUT2D eigenvalue weighted by molar-refractivity contribution is 0.0698. The number of carboxylic acids is 1. The van der Waals surface area contributed by atoms with E-state index < -0.39 is 5.97 Å². The van der Waals surface area contributed by atoms with Crippen molar-refractivity contribution in [3.63, 3.8) is 0 Å². The molecule has 17 heavy (non-hydrogen) atoms. The zero-order valence-corrected chi connectivity index (χ0v) is 10.4. The van der Waals surface area contributed by atoms with Crippen LogP contribution in [0.4, 0.5) is 0 Å². The Hall–Kier alpha value is -1.77. The molecular formula is C14H17NO2. The minimum absolute atomic E-state index is 0.313. The van der Waals surface area contributed by atoms with Gasteiger partial charge in [-0.2, -0.15) is 0 Å². The van der Waals surface area contributed by atoms with E-state index >= 15 is 0 Å². The van der Waals surface area contributed by atoms with Gasteiger partial charge in [0.15, 0.2) is 0 Å². The number of aromatic nitrogens is 1. The third-order valence-corrected chi connectivity index (χ3v) is 3.40. The highest BCUT2D eigenvalue weighted by Gasteiger charge is 2.20. The number of para-hydroxylation sites is 1. The van der Waals surface area contributed by atoms with E-state index in [9.17, 15) is 9.90 Å². The molecule has 0 saturated heterocycles. The van der Waals surface area contributed by atoms with Crippen LogP contribution in [0.25, 0.3) is 10.9 Å². The van der Waals surface area contributed by atoms with Crippen LogP contribution >= 0.6 is 0 Å². The molecule has 0 spiro atoms. The molecule has 1 atom stereocenters. The Morgan fingerprint density at radius 3 is 2.65 bits per heavy atom. The highest BCUT2D eigenvalue weighted by atomic mass is 16.4. The molecule has 1 aromatic heterocycles. The summed E-state index contributed by atoms with van der Waals surface area (Å²) in [4.78, 5) is 11.3. The highest BCUT2D eigenvalue weighted by molar-refractivity contribution is 6.05. The average Bonchev–Trinajstić information content (AvgIpc) is 2.60. The molecule has 0 amide bonds. The van der Waals surface area contributed by atoms with Gasteiger partial charge in [-0.15, -0.1) is 0 Å². The largest absolute Gasteiger partial charge is 0.478 e. The Labute approximate surface area is 101 Å². The van der Waals surface area contributed by atoms with Crippen molar-refractivity contribution < 1.29 is 9.90 Å². The van der Waals surface area contributed by atoms with E-state index in [1.54, 1.807) is 0 Å². The molecule has 0 aliphatic heterocycles. The van der Waals surface area contributed by atoms with Gasteiger partial charge < -0.3 is 9.67 Å². The average molecular weight is 231 g/mol. The Morgan fingerprint density at radius 2 is 2.06 bits per heavy atom. The molecule has 0 saturated carbocycles. The first-order chi connectivity index (χ1) is 8.07. The summed E-state index contributed by atoms with van der Waals surface area (Å²) in [6, 6.07) is 8.01. The minimum atomic E-state index is -0.847. The quantitative estimate of drug-likeness (QED) is 0.876. The Morgan fingerprint density at radius 1 is 1.41 bits per heavy atom. The molecule has 2 rings (SSSR count). The van der Waals surface area contributed by atoms with Crippen LogP contribution in [0.3, 0.4) is 0 Å². The van der Waals surface area contributed by atoms with Crippen molar-refractivity contribution >= 4 is 16.9 Å². The van der Waals surface area contributed by atoms with E-state index in [1.165, 1.54) is 0 Å². The lowest BCUT2D eigenvalue weighted by Gasteiger charge is -2.15. The van der Waals surface area contributed by atoms with Gasteiger partial charge in [0, 0.05) is 22.6 Å². The Kier molecular flexibility index (Phi) is 2.92. The number of carbonyl (C=O) groups is 1. The smallest absolute Gasteiger partial charge is 0.338 e. The van der Waals surface area contributed by atoms with Crippen LogP contribution < -0.4 is 0 Å². The minimum Gasteiger partial charge on any atom is -0.478 e. The van der Waals surface area contributed by atoms with Gasteiger partial charge in [-0.05, 0) is 26.3 Å². The number of carboxylic acid groups (broad SMARTS) is 1. The molecular weight excluding hydrogens is 214 g/mol. The predicted molar refractivity (Wildman–Crippen MR) is 68.6 cm³/mol. The van der Waals surface area contributed by atoms with Gasteiger partial charge in [0.1, 0.15) is 0 Å². The lowest BCUT2D eigenvalue weighted by atomic mass is 10.1. The van der Waals surface area contributed by atoms with Gasteiger partial charge in [0.25, 0.3) is 0 Å². The maximum absolute atomic E-state index is 11.3. The number of rotatable bonds is 3. The van der Waals surface area contributed by atoms with Gasteiger partial charge in [-0.1, -0.05) is 25.1 Å². The van der Waals surface area contributed by atoms with E-state index in [-0.39, 0.29) is 0 Å². The van der Waals surface area contributed by atoms with Crippen LogP contribution in [-0.2, 0) is 0 Å². The molecule has 0 radical (unpaired) electrons. The highest BCUT2D eigenvalue weighted by Crippen LogP contribution is 2.29. The maximum Gasteiger partial charge on any atom is 0.338 e. The van der Waals surface area contributed by atoms with Crippen LogP contribution in [0.1, 0.15) is 42.4 Å². The first-order valence-corrected chi connectivity index (χ1v) is 5.90. The fraction of sp³-hybridized carbons (Fsp3) is 0.357. The van der Waals surface area contributed by atoms with Crippen molar-refractivity contribution in [2.24, 2.45) is 0 Å². The Balaban J connectivity index is 2.84. The maximum atomic E-state index is 11.3. The summed E-state index contributed by atoms with van der Waals surface area (Å²) in [6.07, 6.45) is 0.985. The zero-order valence-electron chi connectivity index (χ0n) is 10.4. The van der Waals surface area contributed by atoms with Crippen molar-refractivity contribution in [3.05, 3.63) is 35.5 Å². The first-order valence-electron chi connectivity index (χ1n) is 5.90. The number of fused-ring (bicyclic) bond motifs is 1. The fourth-order valence-corrected chi connectivity index (χ4v) is 2.41. The van der Waals surface area contributed by atoms with Crippen LogP contribution in [0.15, 0.2) is 24.3 Å². The molecule has 2 aromatic rings. The normalized spacial score (nSPS) is 12.9. The van der Waals surface area contributed by atoms with Gasteiger partial charge >= 0.3 is 5.97 Å². The first kappa shape index (κ1) is 11.7. The zero-order chi connectivity index (χ0) is 12.6. The van der Waals surface area contributed by atoms with Crippen LogP contribution in [-0.4, -0.2) is 15.6 Å². The van der Waals surface area contributed by atoms with Gasteiger partial charge in [0.2, 0.25) is 0 Å². The summed E-state index contributed by atoms with van der Waals surface area (Å²) in [5, 5.41) is 10.1. The number of nitrogens with zero attached hydrogens (tertiary/aromatic N) is 1. The van der Waals surface area contributed by atoms with Crippen LogP contribution in [0.5, 0.6) is 0 Å². The predicted octanol–water partition coefficient (Wildman–Crippen LogP) is 3.62. The van der Waals surface area contributed by atoms with Crippen LogP contribution in [0.2, 0.25) is 0 Å². The van der Waals surface area contributed by atoms with Crippen molar-refractivity contribution in [2.75, 3.05) is 0 Å². The summed E-state index contributed by atoms with van der Waals surface area (Å²) in [5.41, 5.74) is 2.28. The van der Waals surface area contributed by atoms with Crippen molar-refractivity contribution in [2.45, 2.75) is 33.2 Å². The van der Waals surface area contributed by atoms with Crippen molar-refractivity contribution in [1.82, 2.24) is 4.57 Å². The molecule has 0 aliphatic carbocycles. The molecule has 3 nitrogen and oxygen atoms in total. The number of aromatic carboxylic acids is 1. The monoisotopic (exact) mass is 231 g/mol. The number of hydrogen-bond donors (Lipinski definition) is 1. The molecule has 1 unspecified atom stereocenters. The number of benzene rings is 1. The van der Waals surface area contributed by atoms with E-state index in [4.69, 9.17) is 0 Å².